The summed E-state index contributed by atoms with van der Waals surface area (Å²) >= 11 is 0. The van der Waals surface area contributed by atoms with E-state index in [1.54, 1.807) is 36.4 Å². The number of pyridine rings is 1. The zero-order valence-corrected chi connectivity index (χ0v) is 18.8. The summed E-state index contributed by atoms with van der Waals surface area (Å²) in [5.41, 5.74) is 6.83. The molecule has 1 fully saturated rings. The van der Waals surface area contributed by atoms with E-state index in [0.29, 0.717) is 35.5 Å². The average Bonchev–Trinajstić information content (AvgIpc) is 3.60. The van der Waals surface area contributed by atoms with E-state index in [0.717, 1.165) is 16.3 Å². The molecule has 184 valence electrons. The lowest BCUT2D eigenvalue weighted by Gasteiger charge is -2.17. The van der Waals surface area contributed by atoms with Gasteiger partial charge in [0.25, 0.3) is 0 Å². The number of alkyl halides is 2. The number of primary amides is 1. The molecule has 2 amide bonds. The maximum atomic E-state index is 13.4. The second-order valence-corrected chi connectivity index (χ2v) is 8.88. The van der Waals surface area contributed by atoms with Gasteiger partial charge >= 0.3 is 6.29 Å². The smallest absolute Gasteiger partial charge is 0.395 e. The average molecular weight is 491 g/mol. The normalized spacial score (nSPS) is 16.5. The molecular formula is C27H23F2N3O4. The van der Waals surface area contributed by atoms with Crippen molar-refractivity contribution in [2.45, 2.75) is 24.6 Å². The quantitative estimate of drug-likeness (QED) is 0.385. The Morgan fingerprint density at radius 1 is 0.944 bits per heavy atom. The molecule has 1 aromatic heterocycles. The number of ether oxygens (including phenoxy) is 2. The van der Waals surface area contributed by atoms with Crippen LogP contribution in [0, 0.1) is 0 Å². The minimum atomic E-state index is -3.72. The third kappa shape index (κ3) is 3.69. The van der Waals surface area contributed by atoms with Crippen LogP contribution in [0.15, 0.2) is 72.8 Å². The van der Waals surface area contributed by atoms with Gasteiger partial charge in [0.1, 0.15) is 5.82 Å². The highest BCUT2D eigenvalue weighted by Crippen LogP contribution is 2.52. The highest BCUT2D eigenvalue weighted by atomic mass is 19.3. The molecule has 3 aromatic carbocycles. The number of carbonyl (C=O) groups is 2. The Bertz CT molecular complexity index is 1560. The first-order chi connectivity index (χ1) is 17.2. The van der Waals surface area contributed by atoms with Gasteiger partial charge < -0.3 is 20.5 Å². The molecule has 0 spiro atoms. The van der Waals surface area contributed by atoms with E-state index in [-0.39, 0.29) is 20.3 Å². The molecule has 0 saturated heterocycles. The number of nitrogens with one attached hydrogen (secondary N) is 1. The fourth-order valence-electron chi connectivity index (χ4n) is 4.53. The Morgan fingerprint density at radius 2 is 1.67 bits per heavy atom. The summed E-state index contributed by atoms with van der Waals surface area (Å²) in [7, 11) is 0. The van der Waals surface area contributed by atoms with Crippen LogP contribution < -0.4 is 20.5 Å². The highest BCUT2D eigenvalue weighted by molar-refractivity contribution is 6.04. The first-order valence-electron chi connectivity index (χ1n) is 11.3. The largest absolute Gasteiger partial charge is 0.586 e. The third-order valence-corrected chi connectivity index (χ3v) is 6.56. The van der Waals surface area contributed by atoms with Gasteiger partial charge in [0.2, 0.25) is 11.8 Å². The molecule has 3 N–H and O–H groups in total. The van der Waals surface area contributed by atoms with Crippen molar-refractivity contribution in [3.05, 3.63) is 83.9 Å². The van der Waals surface area contributed by atoms with Crippen LogP contribution in [0.4, 0.5) is 14.6 Å². The lowest BCUT2D eigenvalue weighted by atomic mass is 9.94. The van der Waals surface area contributed by atoms with Crippen molar-refractivity contribution in [1.29, 1.82) is 0 Å². The summed E-state index contributed by atoms with van der Waals surface area (Å²) in [6.07, 6.45) is -2.60. The molecule has 2 aliphatic rings. The molecule has 36 heavy (non-hydrogen) atoms. The lowest BCUT2D eigenvalue weighted by Crippen LogP contribution is -2.28. The zero-order chi connectivity index (χ0) is 25.1. The summed E-state index contributed by atoms with van der Waals surface area (Å²) < 4.78 is 35.9. The summed E-state index contributed by atoms with van der Waals surface area (Å²) in [6.45, 7) is 0. The van der Waals surface area contributed by atoms with Crippen LogP contribution >= 0.6 is 0 Å². The van der Waals surface area contributed by atoms with Gasteiger partial charge in [-0.25, -0.2) is 4.98 Å². The van der Waals surface area contributed by atoms with Crippen LogP contribution in [0.25, 0.3) is 22.0 Å². The first kappa shape index (κ1) is 22.0. The Kier molecular flexibility index (Phi) is 4.72. The van der Waals surface area contributed by atoms with Crippen LogP contribution in [0.3, 0.4) is 0 Å². The molecule has 1 aliphatic carbocycles. The van der Waals surface area contributed by atoms with Gasteiger partial charge in [-0.2, -0.15) is 0 Å². The summed E-state index contributed by atoms with van der Waals surface area (Å²) in [5, 5.41) is 4.66. The molecule has 2 heterocycles. The first-order valence-corrected chi connectivity index (χ1v) is 11.3. The summed E-state index contributed by atoms with van der Waals surface area (Å²) in [4.78, 5) is 29.6. The number of fused-ring (bicyclic) bond motifs is 2. The standard InChI is InChI=1S/C27H19F2N3O4.2H2/c28-27(29)35-20-10-9-18(14-21(20)36-27)26(11-12-26)25(34)32-22-13-17-3-1-2-4-19(17)23(31-22)15-5-7-16(8-6-15)24(30)33;;/h1-10,13-14H,11-12H2,(H2,30,33)(H,31,32,34);2*1H. The molecule has 4 aromatic rings. The number of benzene rings is 3. The Morgan fingerprint density at radius 3 is 2.39 bits per heavy atom. The van der Waals surface area contributed by atoms with Crippen LogP contribution in [0.5, 0.6) is 11.5 Å². The van der Waals surface area contributed by atoms with E-state index in [2.05, 4.69) is 14.8 Å². The van der Waals surface area contributed by atoms with Crippen molar-refractivity contribution >= 4 is 28.4 Å². The highest BCUT2D eigenvalue weighted by Gasteiger charge is 2.53. The van der Waals surface area contributed by atoms with E-state index < -0.39 is 17.6 Å². The topological polar surface area (TPSA) is 104 Å². The molecule has 9 heteroatoms. The van der Waals surface area contributed by atoms with E-state index in [4.69, 9.17) is 10.7 Å². The predicted octanol–water partition coefficient (Wildman–Crippen LogP) is 5.48. The van der Waals surface area contributed by atoms with Crippen molar-refractivity contribution in [3.8, 4) is 22.8 Å². The number of rotatable bonds is 5. The van der Waals surface area contributed by atoms with Gasteiger partial charge in [-0.05, 0) is 54.1 Å². The SMILES string of the molecule is NC(=O)c1ccc(-c2nc(NC(=O)C3(c4ccc5c(c4)OC(F)(F)O5)CC3)cc3ccccc23)cc1.[HH].[HH]. The molecule has 7 nitrogen and oxygen atoms in total. The van der Waals surface area contributed by atoms with Crippen LogP contribution in [0.2, 0.25) is 0 Å². The van der Waals surface area contributed by atoms with E-state index >= 15 is 0 Å². The molecule has 1 saturated carbocycles. The van der Waals surface area contributed by atoms with E-state index in [1.807, 2.05) is 24.3 Å². The van der Waals surface area contributed by atoms with Crippen LogP contribution in [-0.2, 0) is 10.2 Å². The Labute approximate surface area is 206 Å². The second-order valence-electron chi connectivity index (χ2n) is 8.88. The molecule has 0 radical (unpaired) electrons. The van der Waals surface area contributed by atoms with Crippen LogP contribution in [0.1, 0.15) is 31.6 Å². The summed E-state index contributed by atoms with van der Waals surface area (Å²) in [6, 6.07) is 20.6. The van der Waals surface area contributed by atoms with E-state index in [9.17, 15) is 18.4 Å². The number of nitrogens with two attached hydrogens (primary N) is 1. The van der Waals surface area contributed by atoms with Gasteiger partial charge in [-0.3, -0.25) is 9.59 Å². The minimum Gasteiger partial charge on any atom is -0.395 e. The molecule has 0 atom stereocenters. The Hall–Kier alpha value is -4.53. The van der Waals surface area contributed by atoms with Crippen molar-refractivity contribution < 1.29 is 30.7 Å². The molecule has 0 bridgehead atoms. The van der Waals surface area contributed by atoms with Crippen molar-refractivity contribution in [3.63, 3.8) is 0 Å². The van der Waals surface area contributed by atoms with Gasteiger partial charge in [0.05, 0.1) is 11.1 Å². The number of anilines is 1. The number of amides is 2. The molecule has 1 aliphatic heterocycles. The van der Waals surface area contributed by atoms with Crippen molar-refractivity contribution in [1.82, 2.24) is 4.98 Å². The number of aromatic nitrogens is 1. The van der Waals surface area contributed by atoms with E-state index in [1.165, 1.54) is 12.1 Å². The fourth-order valence-corrected chi connectivity index (χ4v) is 4.53. The third-order valence-electron chi connectivity index (χ3n) is 6.56. The van der Waals surface area contributed by atoms with Gasteiger partial charge in [-0.15, -0.1) is 8.78 Å². The maximum absolute atomic E-state index is 13.4. The zero-order valence-electron chi connectivity index (χ0n) is 18.8. The summed E-state index contributed by atoms with van der Waals surface area (Å²) in [5.74, 6) is -0.621. The number of carbonyl (C=O) groups excluding carboxylic acids is 2. The second kappa shape index (κ2) is 7.74. The maximum Gasteiger partial charge on any atom is 0.586 e. The van der Waals surface area contributed by atoms with Crippen molar-refractivity contribution in [2.24, 2.45) is 5.73 Å². The molecule has 0 unspecified atom stereocenters. The van der Waals surface area contributed by atoms with Crippen LogP contribution in [-0.4, -0.2) is 23.1 Å². The van der Waals surface area contributed by atoms with Gasteiger partial charge in [-0.1, -0.05) is 42.5 Å². The number of nitrogens with zero attached hydrogens (tertiary/aromatic N) is 1. The van der Waals surface area contributed by atoms with Gasteiger partial charge in [0, 0.05) is 19.4 Å². The lowest BCUT2D eigenvalue weighted by molar-refractivity contribution is -0.286. The monoisotopic (exact) mass is 491 g/mol. The van der Waals surface area contributed by atoms with Gasteiger partial charge in [0.15, 0.2) is 11.5 Å². The molecule has 6 rings (SSSR count). The Balaban J connectivity index is 0.00000168. The number of hydrogen-bond acceptors (Lipinski definition) is 5. The predicted molar refractivity (Wildman–Crippen MR) is 132 cm³/mol. The molecular weight excluding hydrogens is 468 g/mol. The minimum absolute atomic E-state index is 0. The number of hydrogen-bond donors (Lipinski definition) is 2. The van der Waals surface area contributed by atoms with Crippen molar-refractivity contribution in [2.75, 3.05) is 5.32 Å². The number of halogens is 2. The fraction of sp³-hybridized carbons (Fsp3) is 0.148.